The Morgan fingerprint density at radius 2 is 2.21 bits per heavy atom. The van der Waals surface area contributed by atoms with E-state index in [1.54, 1.807) is 25.7 Å². The number of nitrogens with zero attached hydrogens (tertiary/aromatic N) is 3. The molecule has 0 saturated carbocycles. The number of carbonyl (C=O) groups is 1. The highest BCUT2D eigenvalue weighted by Gasteiger charge is 2.29. The monoisotopic (exact) mass is 418 g/mol. The number of aryl methyl sites for hydroxylation is 1. The number of benzene rings is 1. The van der Waals surface area contributed by atoms with E-state index in [4.69, 9.17) is 13.7 Å². The standard InChI is InChI=1S/C20H22N4O4.ClH/c1-26-17-5-3-2-4-15(17)16-12-21-9-10-24(16)19(25)7-6-18-22-20(23-28-18)14-8-11-27-13-14;/h2-5,8,11,13,16,21H,6-7,9-10,12H2,1H3;1H. The van der Waals surface area contributed by atoms with Crippen molar-refractivity contribution in [1.82, 2.24) is 20.4 Å². The fourth-order valence-corrected chi connectivity index (χ4v) is 3.45. The maximum Gasteiger partial charge on any atom is 0.227 e. The summed E-state index contributed by atoms with van der Waals surface area (Å²) in [7, 11) is 1.65. The van der Waals surface area contributed by atoms with Crippen LogP contribution in [0.2, 0.25) is 0 Å². The Kier molecular flexibility index (Phi) is 6.90. The molecule has 154 valence electrons. The minimum absolute atomic E-state index is 0. The lowest BCUT2D eigenvalue weighted by Gasteiger charge is -2.37. The van der Waals surface area contributed by atoms with Gasteiger partial charge in [-0.05, 0) is 12.1 Å². The number of ether oxygens (including phenoxy) is 1. The molecule has 1 amide bonds. The van der Waals surface area contributed by atoms with Gasteiger partial charge >= 0.3 is 0 Å². The van der Waals surface area contributed by atoms with Crippen LogP contribution in [0.1, 0.15) is 23.9 Å². The van der Waals surface area contributed by atoms with E-state index in [0.717, 1.165) is 23.4 Å². The zero-order valence-corrected chi connectivity index (χ0v) is 16.9. The van der Waals surface area contributed by atoms with Gasteiger partial charge in [-0.15, -0.1) is 12.4 Å². The second kappa shape index (κ2) is 9.58. The minimum atomic E-state index is -0.0680. The van der Waals surface area contributed by atoms with E-state index in [0.29, 0.717) is 37.6 Å². The van der Waals surface area contributed by atoms with Gasteiger partial charge in [-0.25, -0.2) is 0 Å². The minimum Gasteiger partial charge on any atom is -0.496 e. The first-order chi connectivity index (χ1) is 13.8. The molecule has 8 nitrogen and oxygen atoms in total. The van der Waals surface area contributed by atoms with Crippen molar-refractivity contribution in [3.05, 3.63) is 54.3 Å². The summed E-state index contributed by atoms with van der Waals surface area (Å²) in [6.07, 6.45) is 3.81. The van der Waals surface area contributed by atoms with Crippen LogP contribution in [0.15, 0.2) is 51.8 Å². The van der Waals surface area contributed by atoms with Gasteiger partial charge < -0.3 is 23.9 Å². The van der Waals surface area contributed by atoms with Gasteiger partial charge in [-0.3, -0.25) is 4.79 Å². The number of furan rings is 1. The van der Waals surface area contributed by atoms with E-state index in [2.05, 4.69) is 15.5 Å². The summed E-state index contributed by atoms with van der Waals surface area (Å²) >= 11 is 0. The molecule has 1 saturated heterocycles. The van der Waals surface area contributed by atoms with Gasteiger partial charge in [-0.1, -0.05) is 23.4 Å². The summed E-state index contributed by atoms with van der Waals surface area (Å²) in [6, 6.07) is 9.51. The number of aromatic nitrogens is 2. The summed E-state index contributed by atoms with van der Waals surface area (Å²) in [5.74, 6) is 1.75. The molecule has 0 aliphatic carbocycles. The normalized spacial score (nSPS) is 16.3. The lowest BCUT2D eigenvalue weighted by molar-refractivity contribution is -0.134. The van der Waals surface area contributed by atoms with Crippen molar-refractivity contribution < 1.29 is 18.5 Å². The predicted octanol–water partition coefficient (Wildman–Crippen LogP) is 2.87. The molecule has 2 aromatic heterocycles. The molecule has 3 aromatic rings. The van der Waals surface area contributed by atoms with Gasteiger partial charge in [0.15, 0.2) is 0 Å². The first kappa shape index (κ1) is 20.9. The van der Waals surface area contributed by atoms with Crippen LogP contribution in [0, 0.1) is 0 Å². The number of carbonyl (C=O) groups excluding carboxylic acids is 1. The molecule has 29 heavy (non-hydrogen) atoms. The smallest absolute Gasteiger partial charge is 0.227 e. The summed E-state index contributed by atoms with van der Waals surface area (Å²) in [6.45, 7) is 2.10. The van der Waals surface area contributed by atoms with Crippen molar-refractivity contribution in [2.24, 2.45) is 0 Å². The average Bonchev–Trinajstić information content (AvgIpc) is 3.44. The predicted molar refractivity (Wildman–Crippen MR) is 108 cm³/mol. The van der Waals surface area contributed by atoms with E-state index in [1.165, 1.54) is 0 Å². The Bertz CT molecular complexity index is 928. The molecule has 1 aliphatic rings. The molecule has 1 aliphatic heterocycles. The van der Waals surface area contributed by atoms with E-state index < -0.39 is 0 Å². The topological polar surface area (TPSA) is 93.6 Å². The molecule has 4 rings (SSSR count). The van der Waals surface area contributed by atoms with Crippen molar-refractivity contribution in [2.45, 2.75) is 18.9 Å². The fourth-order valence-electron chi connectivity index (χ4n) is 3.45. The third kappa shape index (κ3) is 4.60. The number of rotatable bonds is 6. The molecule has 9 heteroatoms. The maximum absolute atomic E-state index is 12.9. The summed E-state index contributed by atoms with van der Waals surface area (Å²) < 4.78 is 15.8. The van der Waals surface area contributed by atoms with Crippen LogP contribution in [-0.4, -0.2) is 47.7 Å². The number of halogens is 1. The van der Waals surface area contributed by atoms with Crippen LogP contribution in [-0.2, 0) is 11.2 Å². The molecule has 0 radical (unpaired) electrons. The van der Waals surface area contributed by atoms with Crippen molar-refractivity contribution in [3.63, 3.8) is 0 Å². The van der Waals surface area contributed by atoms with Gasteiger partial charge in [-0.2, -0.15) is 4.98 Å². The van der Waals surface area contributed by atoms with Gasteiger partial charge in [0.2, 0.25) is 17.6 Å². The van der Waals surface area contributed by atoms with Crippen molar-refractivity contribution in [3.8, 4) is 17.1 Å². The zero-order valence-electron chi connectivity index (χ0n) is 16.0. The highest BCUT2D eigenvalue weighted by Crippen LogP contribution is 2.30. The third-order valence-corrected chi connectivity index (χ3v) is 4.86. The lowest BCUT2D eigenvalue weighted by atomic mass is 10.0. The Morgan fingerprint density at radius 1 is 1.34 bits per heavy atom. The van der Waals surface area contributed by atoms with Crippen LogP contribution < -0.4 is 10.1 Å². The summed E-state index contributed by atoms with van der Waals surface area (Å²) in [5, 5.41) is 7.30. The van der Waals surface area contributed by atoms with Gasteiger partial charge in [0.25, 0.3) is 0 Å². The summed E-state index contributed by atoms with van der Waals surface area (Å²) in [4.78, 5) is 19.2. The van der Waals surface area contributed by atoms with E-state index in [9.17, 15) is 4.79 Å². The zero-order chi connectivity index (χ0) is 19.3. The van der Waals surface area contributed by atoms with Gasteiger partial charge in [0.05, 0.1) is 25.0 Å². The largest absolute Gasteiger partial charge is 0.496 e. The number of amides is 1. The number of hydrogen-bond donors (Lipinski definition) is 1. The van der Waals surface area contributed by atoms with Crippen molar-refractivity contribution in [1.29, 1.82) is 0 Å². The number of nitrogens with one attached hydrogen (secondary N) is 1. The molecule has 1 unspecified atom stereocenters. The molecular weight excluding hydrogens is 396 g/mol. The fraction of sp³-hybridized carbons (Fsp3) is 0.350. The lowest BCUT2D eigenvalue weighted by Crippen LogP contribution is -2.48. The van der Waals surface area contributed by atoms with E-state index >= 15 is 0 Å². The molecule has 1 aromatic carbocycles. The average molecular weight is 419 g/mol. The first-order valence-corrected chi connectivity index (χ1v) is 9.24. The first-order valence-electron chi connectivity index (χ1n) is 9.24. The van der Waals surface area contributed by atoms with Crippen LogP contribution in [0.5, 0.6) is 5.75 Å². The molecule has 0 bridgehead atoms. The number of hydrogen-bond acceptors (Lipinski definition) is 7. The Labute approximate surface area is 174 Å². The molecule has 1 atom stereocenters. The van der Waals surface area contributed by atoms with Crippen LogP contribution >= 0.6 is 12.4 Å². The Hall–Kier alpha value is -2.84. The van der Waals surface area contributed by atoms with Crippen LogP contribution in [0.3, 0.4) is 0 Å². The van der Waals surface area contributed by atoms with Crippen LogP contribution in [0.4, 0.5) is 0 Å². The van der Waals surface area contributed by atoms with Gasteiger partial charge in [0.1, 0.15) is 12.0 Å². The maximum atomic E-state index is 12.9. The summed E-state index contributed by atoms with van der Waals surface area (Å²) in [5.41, 5.74) is 1.75. The third-order valence-electron chi connectivity index (χ3n) is 4.86. The molecule has 0 spiro atoms. The second-order valence-electron chi connectivity index (χ2n) is 6.57. The quantitative estimate of drug-likeness (QED) is 0.657. The molecule has 1 N–H and O–H groups in total. The van der Waals surface area contributed by atoms with Crippen LogP contribution in [0.25, 0.3) is 11.4 Å². The molecular formula is C20H23ClN4O4. The number of methoxy groups -OCH3 is 1. The van der Waals surface area contributed by atoms with Crippen molar-refractivity contribution >= 4 is 18.3 Å². The Morgan fingerprint density at radius 3 is 3.00 bits per heavy atom. The Balaban J connectivity index is 0.00000240. The van der Waals surface area contributed by atoms with Crippen molar-refractivity contribution in [2.75, 3.05) is 26.7 Å². The van der Waals surface area contributed by atoms with E-state index in [1.807, 2.05) is 29.2 Å². The number of para-hydroxylation sites is 1. The molecule has 3 heterocycles. The highest BCUT2D eigenvalue weighted by atomic mass is 35.5. The molecule has 1 fully saturated rings. The SMILES string of the molecule is COc1ccccc1C1CNCCN1C(=O)CCc1nc(-c2ccoc2)no1.Cl. The van der Waals surface area contributed by atoms with E-state index in [-0.39, 0.29) is 24.4 Å². The second-order valence-corrected chi connectivity index (χ2v) is 6.57. The van der Waals surface area contributed by atoms with Gasteiger partial charge in [0, 0.05) is 38.0 Å². The highest BCUT2D eigenvalue weighted by molar-refractivity contribution is 5.85. The number of piperazine rings is 1.